The zero-order valence-electron chi connectivity index (χ0n) is 9.53. The maximum atomic E-state index is 9.86. The van der Waals surface area contributed by atoms with E-state index in [1.54, 1.807) is 13.8 Å². The highest BCUT2D eigenvalue weighted by molar-refractivity contribution is 6.33. The number of nitrogens with zero attached hydrogens (tertiary/aromatic N) is 1. The third-order valence-electron chi connectivity index (χ3n) is 2.46. The number of aliphatic hydroxyl groups is 1. The highest BCUT2D eigenvalue weighted by Gasteiger charge is 2.25. The van der Waals surface area contributed by atoms with Crippen molar-refractivity contribution in [2.45, 2.75) is 19.4 Å². The monoisotopic (exact) mass is 241 g/mol. The lowest BCUT2D eigenvalue weighted by Gasteiger charge is -2.35. The van der Waals surface area contributed by atoms with Gasteiger partial charge in [0.1, 0.15) is 12.4 Å². The number of para-hydroxylation sites is 1. The zero-order chi connectivity index (χ0) is 11.8. The molecule has 1 aromatic rings. The quantitative estimate of drug-likeness (QED) is 0.863. The summed E-state index contributed by atoms with van der Waals surface area (Å²) in [5.74, 6) is 0.794. The standard InChI is InChI=1S/C12H16ClNO2/c1-12(2,15)8-14-6-7-16-10-5-3-4-9(13)11(10)14/h3-5,15H,6-8H2,1-2H3. The molecule has 3 nitrogen and oxygen atoms in total. The van der Waals surface area contributed by atoms with Crippen molar-refractivity contribution < 1.29 is 9.84 Å². The van der Waals surface area contributed by atoms with Crippen LogP contribution in [-0.4, -0.2) is 30.4 Å². The van der Waals surface area contributed by atoms with Crippen molar-refractivity contribution in [3.05, 3.63) is 23.2 Å². The Bertz CT molecular complexity index is 387. The van der Waals surface area contributed by atoms with Gasteiger partial charge in [0.05, 0.1) is 22.9 Å². The van der Waals surface area contributed by atoms with Crippen molar-refractivity contribution in [1.82, 2.24) is 0 Å². The van der Waals surface area contributed by atoms with Gasteiger partial charge in [-0.1, -0.05) is 17.7 Å². The van der Waals surface area contributed by atoms with Gasteiger partial charge in [0.15, 0.2) is 0 Å². The molecule has 0 aliphatic carbocycles. The predicted molar refractivity (Wildman–Crippen MR) is 65.5 cm³/mol. The van der Waals surface area contributed by atoms with Crippen LogP contribution in [0.25, 0.3) is 0 Å². The van der Waals surface area contributed by atoms with Crippen LogP contribution in [0.1, 0.15) is 13.8 Å². The van der Waals surface area contributed by atoms with E-state index in [0.717, 1.165) is 18.0 Å². The van der Waals surface area contributed by atoms with Crippen LogP contribution in [-0.2, 0) is 0 Å². The third kappa shape index (κ3) is 2.42. The summed E-state index contributed by atoms with van der Waals surface area (Å²) in [5, 5.41) is 10.5. The molecule has 0 aromatic heterocycles. The highest BCUT2D eigenvalue weighted by atomic mass is 35.5. The minimum atomic E-state index is -0.742. The Balaban J connectivity index is 2.32. The van der Waals surface area contributed by atoms with E-state index < -0.39 is 5.60 Å². The van der Waals surface area contributed by atoms with Gasteiger partial charge in [-0.05, 0) is 26.0 Å². The Hall–Kier alpha value is -0.930. The fourth-order valence-corrected chi connectivity index (χ4v) is 2.21. The minimum Gasteiger partial charge on any atom is -0.490 e. The van der Waals surface area contributed by atoms with E-state index in [0.29, 0.717) is 18.2 Å². The summed E-state index contributed by atoms with van der Waals surface area (Å²) in [5.41, 5.74) is 0.144. The van der Waals surface area contributed by atoms with Crippen LogP contribution in [0.15, 0.2) is 18.2 Å². The van der Waals surface area contributed by atoms with Crippen molar-refractivity contribution in [3.8, 4) is 5.75 Å². The molecule has 1 N–H and O–H groups in total. The van der Waals surface area contributed by atoms with E-state index in [1.807, 2.05) is 18.2 Å². The first-order chi connectivity index (χ1) is 7.47. The van der Waals surface area contributed by atoms with Crippen molar-refractivity contribution in [2.75, 3.05) is 24.6 Å². The van der Waals surface area contributed by atoms with Crippen LogP contribution < -0.4 is 9.64 Å². The molecule has 1 aliphatic rings. The number of hydrogen-bond acceptors (Lipinski definition) is 3. The molecular formula is C12H16ClNO2. The summed E-state index contributed by atoms with van der Waals surface area (Å²) in [6, 6.07) is 5.61. The van der Waals surface area contributed by atoms with Crippen LogP contribution in [0.4, 0.5) is 5.69 Å². The van der Waals surface area contributed by atoms with E-state index in [1.165, 1.54) is 0 Å². The second-order valence-electron chi connectivity index (χ2n) is 4.67. The first-order valence-corrected chi connectivity index (χ1v) is 5.74. The molecule has 1 aliphatic heterocycles. The van der Waals surface area contributed by atoms with E-state index in [9.17, 15) is 5.11 Å². The summed E-state index contributed by atoms with van der Waals surface area (Å²) in [4.78, 5) is 2.07. The van der Waals surface area contributed by atoms with Crippen molar-refractivity contribution in [3.63, 3.8) is 0 Å². The molecule has 16 heavy (non-hydrogen) atoms. The first-order valence-electron chi connectivity index (χ1n) is 5.36. The Morgan fingerprint density at radius 2 is 2.25 bits per heavy atom. The molecular weight excluding hydrogens is 226 g/mol. The Morgan fingerprint density at radius 3 is 2.94 bits per heavy atom. The number of hydrogen-bond donors (Lipinski definition) is 1. The molecule has 0 bridgehead atoms. The van der Waals surface area contributed by atoms with Crippen LogP contribution in [0.3, 0.4) is 0 Å². The number of anilines is 1. The summed E-state index contributed by atoms with van der Waals surface area (Å²) in [7, 11) is 0. The third-order valence-corrected chi connectivity index (χ3v) is 2.77. The zero-order valence-corrected chi connectivity index (χ0v) is 10.3. The van der Waals surface area contributed by atoms with Crippen molar-refractivity contribution >= 4 is 17.3 Å². The minimum absolute atomic E-state index is 0.549. The van der Waals surface area contributed by atoms with Gasteiger partial charge in [0.25, 0.3) is 0 Å². The van der Waals surface area contributed by atoms with Gasteiger partial charge in [0.2, 0.25) is 0 Å². The van der Waals surface area contributed by atoms with Gasteiger partial charge in [-0.15, -0.1) is 0 Å². The van der Waals surface area contributed by atoms with Gasteiger partial charge >= 0.3 is 0 Å². The number of ether oxygens (including phenoxy) is 1. The largest absolute Gasteiger partial charge is 0.490 e. The molecule has 4 heteroatoms. The number of rotatable bonds is 2. The lowest BCUT2D eigenvalue weighted by atomic mass is 10.1. The average Bonchev–Trinajstić information content (AvgIpc) is 2.15. The van der Waals surface area contributed by atoms with Gasteiger partial charge in [-0.2, -0.15) is 0 Å². The molecule has 0 unspecified atom stereocenters. The molecule has 0 spiro atoms. The Labute approximate surface area is 101 Å². The lowest BCUT2D eigenvalue weighted by molar-refractivity contribution is 0.0855. The Morgan fingerprint density at radius 1 is 1.50 bits per heavy atom. The molecule has 0 saturated carbocycles. The summed E-state index contributed by atoms with van der Waals surface area (Å²) in [6.07, 6.45) is 0. The van der Waals surface area contributed by atoms with E-state index in [4.69, 9.17) is 16.3 Å². The lowest BCUT2D eigenvalue weighted by Crippen LogP contribution is -2.42. The van der Waals surface area contributed by atoms with Crippen LogP contribution in [0, 0.1) is 0 Å². The summed E-state index contributed by atoms with van der Waals surface area (Å²) < 4.78 is 5.54. The summed E-state index contributed by atoms with van der Waals surface area (Å²) in [6.45, 7) is 5.51. The molecule has 0 fully saturated rings. The van der Waals surface area contributed by atoms with Gasteiger partial charge in [-0.3, -0.25) is 0 Å². The van der Waals surface area contributed by atoms with Gasteiger partial charge in [0, 0.05) is 6.54 Å². The maximum absolute atomic E-state index is 9.86. The van der Waals surface area contributed by atoms with Gasteiger partial charge in [-0.25, -0.2) is 0 Å². The summed E-state index contributed by atoms with van der Waals surface area (Å²) >= 11 is 6.16. The van der Waals surface area contributed by atoms with E-state index in [2.05, 4.69) is 4.90 Å². The topological polar surface area (TPSA) is 32.7 Å². The molecule has 1 heterocycles. The number of β-amino-alcohol motifs (C(OH)–C–C–N with tert-alkyl or cyclic N) is 1. The second kappa shape index (κ2) is 4.15. The molecule has 0 radical (unpaired) electrons. The first kappa shape index (κ1) is 11.6. The van der Waals surface area contributed by atoms with Crippen LogP contribution in [0.5, 0.6) is 5.75 Å². The molecule has 0 atom stereocenters. The fraction of sp³-hybridized carbons (Fsp3) is 0.500. The predicted octanol–water partition coefficient (Wildman–Crippen LogP) is 2.31. The molecule has 0 saturated heterocycles. The molecule has 2 rings (SSSR count). The molecule has 88 valence electrons. The van der Waals surface area contributed by atoms with Crippen LogP contribution in [0.2, 0.25) is 5.02 Å². The molecule has 1 aromatic carbocycles. The fourth-order valence-electron chi connectivity index (χ4n) is 1.92. The normalized spacial score (nSPS) is 15.6. The maximum Gasteiger partial charge on any atom is 0.144 e. The smallest absolute Gasteiger partial charge is 0.144 e. The van der Waals surface area contributed by atoms with E-state index in [-0.39, 0.29) is 0 Å². The highest BCUT2D eigenvalue weighted by Crippen LogP contribution is 2.38. The average molecular weight is 242 g/mol. The van der Waals surface area contributed by atoms with Crippen molar-refractivity contribution in [2.24, 2.45) is 0 Å². The number of fused-ring (bicyclic) bond motifs is 1. The van der Waals surface area contributed by atoms with Gasteiger partial charge < -0.3 is 14.7 Å². The second-order valence-corrected chi connectivity index (χ2v) is 5.08. The molecule has 0 amide bonds. The number of halogens is 1. The number of benzene rings is 1. The SMILES string of the molecule is CC(C)(O)CN1CCOc2cccc(Cl)c21. The van der Waals surface area contributed by atoms with E-state index >= 15 is 0 Å². The Kier molecular flexibility index (Phi) is 3.00. The van der Waals surface area contributed by atoms with Crippen molar-refractivity contribution in [1.29, 1.82) is 0 Å². The van der Waals surface area contributed by atoms with Crippen LogP contribution >= 0.6 is 11.6 Å².